The maximum atomic E-state index is 11.1. The number of hydrogen-bond donors (Lipinski definition) is 2. The smallest absolute Gasteiger partial charge is 0.267 e. The van der Waals surface area contributed by atoms with E-state index in [9.17, 15) is 4.79 Å². The first-order chi connectivity index (χ1) is 8.47. The van der Waals surface area contributed by atoms with Crippen LogP contribution in [0.15, 0.2) is 12.1 Å². The lowest BCUT2D eigenvalue weighted by Crippen LogP contribution is -2.35. The van der Waals surface area contributed by atoms with Gasteiger partial charge in [0, 0.05) is 19.7 Å². The molecule has 0 fully saturated rings. The van der Waals surface area contributed by atoms with Crippen LogP contribution < -0.4 is 16.4 Å². The average molecular weight is 252 g/mol. The molecule has 0 unspecified atom stereocenters. The van der Waals surface area contributed by atoms with E-state index in [1.807, 2.05) is 18.7 Å². The fourth-order valence-corrected chi connectivity index (χ4v) is 1.62. The van der Waals surface area contributed by atoms with Gasteiger partial charge < -0.3 is 21.1 Å². The molecule has 0 saturated carbocycles. The largest absolute Gasteiger partial charge is 0.396 e. The van der Waals surface area contributed by atoms with Gasteiger partial charge >= 0.3 is 0 Å². The minimum atomic E-state index is -0.563. The van der Waals surface area contributed by atoms with Gasteiger partial charge in [-0.2, -0.15) is 0 Å². The van der Waals surface area contributed by atoms with Crippen molar-refractivity contribution in [2.24, 2.45) is 5.73 Å². The molecule has 0 spiro atoms. The second-order valence-electron chi connectivity index (χ2n) is 4.25. The van der Waals surface area contributed by atoms with Gasteiger partial charge in [0.1, 0.15) is 5.69 Å². The quantitative estimate of drug-likeness (QED) is 0.774. The highest BCUT2D eigenvalue weighted by molar-refractivity contribution is 5.91. The second kappa shape index (κ2) is 6.20. The van der Waals surface area contributed by atoms with E-state index in [1.165, 1.54) is 6.07 Å². The Kier molecular flexibility index (Phi) is 4.91. The van der Waals surface area contributed by atoms with Gasteiger partial charge in [-0.15, -0.1) is 0 Å². The van der Waals surface area contributed by atoms with Gasteiger partial charge in [0.2, 0.25) is 0 Å². The van der Waals surface area contributed by atoms with Crippen LogP contribution in [-0.2, 0) is 4.74 Å². The number of nitrogen functional groups attached to an aromatic ring is 1. The maximum Gasteiger partial charge on any atom is 0.267 e. The molecular weight excluding hydrogens is 232 g/mol. The first-order valence-corrected chi connectivity index (χ1v) is 5.79. The van der Waals surface area contributed by atoms with Crippen molar-refractivity contribution < 1.29 is 9.53 Å². The molecule has 0 aliphatic carbocycles. The molecule has 0 aromatic carbocycles. The maximum absolute atomic E-state index is 11.1. The van der Waals surface area contributed by atoms with Gasteiger partial charge in [-0.1, -0.05) is 0 Å². The highest BCUT2D eigenvalue weighted by atomic mass is 16.5. The second-order valence-corrected chi connectivity index (χ2v) is 4.25. The molecule has 0 radical (unpaired) electrons. The average Bonchev–Trinajstić information content (AvgIpc) is 2.31. The van der Waals surface area contributed by atoms with Crippen molar-refractivity contribution in [3.63, 3.8) is 0 Å². The zero-order valence-electron chi connectivity index (χ0n) is 11.0. The summed E-state index contributed by atoms with van der Waals surface area (Å²) in [5.41, 5.74) is 11.9. The molecule has 0 atom stereocenters. The van der Waals surface area contributed by atoms with Crippen LogP contribution in [0, 0.1) is 0 Å². The number of hydrogen-bond acceptors (Lipinski definition) is 5. The Morgan fingerprint density at radius 1 is 1.50 bits per heavy atom. The first-order valence-electron chi connectivity index (χ1n) is 5.79. The van der Waals surface area contributed by atoms with Crippen molar-refractivity contribution in [3.05, 3.63) is 17.8 Å². The molecule has 1 rings (SSSR count). The third-order valence-corrected chi connectivity index (χ3v) is 2.59. The summed E-state index contributed by atoms with van der Waals surface area (Å²) >= 11 is 0. The number of pyridine rings is 1. The minimum absolute atomic E-state index is 0.193. The van der Waals surface area contributed by atoms with Gasteiger partial charge in [-0.25, -0.2) is 4.98 Å². The number of methoxy groups -OCH3 is 1. The fourth-order valence-electron chi connectivity index (χ4n) is 1.62. The monoisotopic (exact) mass is 252 g/mol. The Balaban J connectivity index is 3.09. The van der Waals surface area contributed by atoms with E-state index in [2.05, 4.69) is 4.98 Å². The highest BCUT2D eigenvalue weighted by Crippen LogP contribution is 2.22. The summed E-state index contributed by atoms with van der Waals surface area (Å²) < 4.78 is 5.06. The standard InChI is InChI=1S/C12H20N4O2/c1-8(2)16(6-7-18-3)12-9(13)4-5-10(15-12)11(14)17/h4-5,8H,6-7,13H2,1-3H3,(H2,14,17). The van der Waals surface area contributed by atoms with Crippen LogP contribution in [0.1, 0.15) is 24.3 Å². The predicted octanol–water partition coefficient (Wildman–Crippen LogP) is 0.624. The number of carbonyl (C=O) groups excluding carboxylic acids is 1. The van der Waals surface area contributed by atoms with E-state index in [4.69, 9.17) is 16.2 Å². The summed E-state index contributed by atoms with van der Waals surface area (Å²) in [5.74, 6) is 0.00467. The number of aromatic nitrogens is 1. The van der Waals surface area contributed by atoms with Crippen molar-refractivity contribution in [1.29, 1.82) is 0 Å². The van der Waals surface area contributed by atoms with Crippen molar-refractivity contribution in [2.45, 2.75) is 19.9 Å². The summed E-state index contributed by atoms with van der Waals surface area (Å²) in [4.78, 5) is 17.3. The fraction of sp³-hybridized carbons (Fsp3) is 0.500. The molecule has 6 nitrogen and oxygen atoms in total. The first kappa shape index (κ1) is 14.2. The molecule has 0 aliphatic heterocycles. The zero-order valence-corrected chi connectivity index (χ0v) is 11.0. The van der Waals surface area contributed by atoms with E-state index >= 15 is 0 Å². The predicted molar refractivity (Wildman–Crippen MR) is 71.5 cm³/mol. The lowest BCUT2D eigenvalue weighted by Gasteiger charge is -2.28. The minimum Gasteiger partial charge on any atom is -0.396 e. The number of amides is 1. The van der Waals surface area contributed by atoms with Crippen LogP contribution in [0.5, 0.6) is 0 Å². The lowest BCUT2D eigenvalue weighted by atomic mass is 10.2. The Labute approximate surface area is 107 Å². The van der Waals surface area contributed by atoms with Gasteiger partial charge in [0.25, 0.3) is 5.91 Å². The summed E-state index contributed by atoms with van der Waals surface area (Å²) in [6.45, 7) is 5.25. The summed E-state index contributed by atoms with van der Waals surface area (Å²) in [6, 6.07) is 3.36. The van der Waals surface area contributed by atoms with Crippen LogP contribution in [0.2, 0.25) is 0 Å². The van der Waals surface area contributed by atoms with E-state index in [0.29, 0.717) is 24.7 Å². The van der Waals surface area contributed by atoms with Crippen LogP contribution >= 0.6 is 0 Å². The van der Waals surface area contributed by atoms with E-state index in [0.717, 1.165) is 0 Å². The molecule has 0 aliphatic rings. The van der Waals surface area contributed by atoms with Crippen molar-refractivity contribution in [2.75, 3.05) is 30.9 Å². The number of rotatable bonds is 6. The van der Waals surface area contributed by atoms with Crippen LogP contribution in [0.25, 0.3) is 0 Å². The SMILES string of the molecule is COCCN(c1nc(C(N)=O)ccc1N)C(C)C. The van der Waals surface area contributed by atoms with Gasteiger partial charge in [0.05, 0.1) is 12.3 Å². The number of nitrogens with zero attached hydrogens (tertiary/aromatic N) is 2. The highest BCUT2D eigenvalue weighted by Gasteiger charge is 2.16. The Morgan fingerprint density at radius 3 is 2.67 bits per heavy atom. The number of primary amides is 1. The normalized spacial score (nSPS) is 10.7. The molecular formula is C12H20N4O2. The molecule has 1 aromatic rings. The van der Waals surface area contributed by atoms with Crippen molar-refractivity contribution >= 4 is 17.4 Å². The van der Waals surface area contributed by atoms with Crippen LogP contribution in [-0.4, -0.2) is 37.2 Å². The van der Waals surface area contributed by atoms with Crippen molar-refractivity contribution in [1.82, 2.24) is 4.98 Å². The Hall–Kier alpha value is -1.82. The molecule has 0 bridgehead atoms. The Bertz CT molecular complexity index is 421. The lowest BCUT2D eigenvalue weighted by molar-refractivity contribution is 0.0995. The Morgan fingerprint density at radius 2 is 2.17 bits per heavy atom. The van der Waals surface area contributed by atoms with Gasteiger partial charge in [-0.3, -0.25) is 4.79 Å². The summed E-state index contributed by atoms with van der Waals surface area (Å²) in [5, 5.41) is 0. The van der Waals surface area contributed by atoms with Gasteiger partial charge in [-0.05, 0) is 26.0 Å². The third kappa shape index (κ3) is 3.33. The molecule has 1 amide bonds. The number of anilines is 2. The molecule has 18 heavy (non-hydrogen) atoms. The van der Waals surface area contributed by atoms with Crippen molar-refractivity contribution in [3.8, 4) is 0 Å². The molecule has 4 N–H and O–H groups in total. The topological polar surface area (TPSA) is 94.5 Å². The molecule has 6 heteroatoms. The van der Waals surface area contributed by atoms with E-state index in [-0.39, 0.29) is 11.7 Å². The summed E-state index contributed by atoms with van der Waals surface area (Å²) in [7, 11) is 1.63. The van der Waals surface area contributed by atoms with Crippen LogP contribution in [0.3, 0.4) is 0 Å². The number of nitrogens with two attached hydrogens (primary N) is 2. The van der Waals surface area contributed by atoms with Gasteiger partial charge in [0.15, 0.2) is 5.82 Å². The summed E-state index contributed by atoms with van der Waals surface area (Å²) in [6.07, 6.45) is 0. The number of carbonyl (C=O) groups is 1. The zero-order chi connectivity index (χ0) is 13.7. The molecule has 100 valence electrons. The molecule has 0 saturated heterocycles. The number of ether oxygens (including phenoxy) is 1. The van der Waals surface area contributed by atoms with Crippen LogP contribution in [0.4, 0.5) is 11.5 Å². The third-order valence-electron chi connectivity index (χ3n) is 2.59. The molecule has 1 heterocycles. The molecule has 1 aromatic heterocycles. The van der Waals surface area contributed by atoms with E-state index in [1.54, 1.807) is 13.2 Å². The van der Waals surface area contributed by atoms with E-state index < -0.39 is 5.91 Å².